The van der Waals surface area contributed by atoms with E-state index < -0.39 is 93.6 Å². The molecule has 0 spiro atoms. The number of aliphatic hydroxyl groups is 4. The molecular weight excluding hydrogens is 536 g/mol. The van der Waals surface area contributed by atoms with Gasteiger partial charge in [-0.05, 0) is 23.6 Å². The third-order valence-electron chi connectivity index (χ3n) is 8.79. The monoisotopic (exact) mass is 560 g/mol. The van der Waals surface area contributed by atoms with Crippen LogP contribution in [0.15, 0.2) is 53.3 Å². The van der Waals surface area contributed by atoms with Crippen molar-refractivity contribution in [3.05, 3.63) is 81.1 Å². The van der Waals surface area contributed by atoms with E-state index in [1.807, 2.05) is 0 Å². The molecule has 6 rings (SSSR count). The normalized spacial score (nSPS) is 28.9. The maximum Gasteiger partial charge on any atom is 0.261 e. The van der Waals surface area contributed by atoms with Crippen molar-refractivity contribution in [2.45, 2.75) is 37.5 Å². The number of ketones is 2. The first-order valence-electron chi connectivity index (χ1n) is 12.8. The van der Waals surface area contributed by atoms with Crippen LogP contribution in [0.25, 0.3) is 5.76 Å². The van der Waals surface area contributed by atoms with Gasteiger partial charge in [0.2, 0.25) is 5.78 Å². The lowest BCUT2D eigenvalue weighted by Crippen LogP contribution is -2.63. The molecule has 12 heteroatoms. The molecule has 0 radical (unpaired) electrons. The van der Waals surface area contributed by atoms with Crippen LogP contribution in [0.1, 0.15) is 56.7 Å². The van der Waals surface area contributed by atoms with E-state index >= 15 is 0 Å². The SMILES string of the molecule is C[C@H]1c2ccc(CN3C(=O)c4ccccc4C3=O)c(O)c2C(O)=C2C(=O)[C@]3(O)C(O)=C(C(N)=O)C(=O)C[C@@H]3[C@@H](O)[C@@H]21. The van der Waals surface area contributed by atoms with Crippen molar-refractivity contribution in [2.75, 3.05) is 0 Å². The second kappa shape index (κ2) is 8.59. The van der Waals surface area contributed by atoms with E-state index in [0.717, 1.165) is 4.90 Å². The number of aromatic hydroxyl groups is 1. The van der Waals surface area contributed by atoms with Gasteiger partial charge in [-0.1, -0.05) is 31.2 Å². The van der Waals surface area contributed by atoms with E-state index in [1.165, 1.54) is 24.3 Å². The van der Waals surface area contributed by atoms with Gasteiger partial charge in [0, 0.05) is 29.4 Å². The zero-order valence-electron chi connectivity index (χ0n) is 21.5. The maximum atomic E-state index is 13.8. The Morgan fingerprint density at radius 3 is 2.22 bits per heavy atom. The van der Waals surface area contributed by atoms with Gasteiger partial charge in [-0.3, -0.25) is 28.9 Å². The Hall–Kier alpha value is -4.81. The van der Waals surface area contributed by atoms with Crippen LogP contribution in [0.4, 0.5) is 0 Å². The number of rotatable bonds is 3. The molecule has 7 N–H and O–H groups in total. The minimum atomic E-state index is -2.94. The fourth-order valence-electron chi connectivity index (χ4n) is 6.72. The number of carbonyl (C=O) groups is 5. The summed E-state index contributed by atoms with van der Waals surface area (Å²) in [5.41, 5.74) is 1.34. The number of nitrogens with two attached hydrogens (primary N) is 1. The number of fused-ring (bicyclic) bond motifs is 4. The molecule has 4 aliphatic rings. The highest BCUT2D eigenvalue weighted by molar-refractivity contribution is 6.23. The minimum absolute atomic E-state index is 0.0680. The number of phenols is 1. The highest BCUT2D eigenvalue weighted by Crippen LogP contribution is 2.56. The molecule has 41 heavy (non-hydrogen) atoms. The lowest BCUT2D eigenvalue weighted by Gasteiger charge is -2.50. The number of imide groups is 1. The summed E-state index contributed by atoms with van der Waals surface area (Å²) in [4.78, 5) is 64.8. The minimum Gasteiger partial charge on any atom is -0.508 e. The molecule has 1 saturated carbocycles. The highest BCUT2D eigenvalue weighted by Gasteiger charge is 2.65. The number of carbonyl (C=O) groups excluding carboxylic acids is 5. The van der Waals surface area contributed by atoms with Gasteiger partial charge in [0.05, 0.1) is 29.3 Å². The van der Waals surface area contributed by atoms with Crippen LogP contribution in [-0.2, 0) is 20.9 Å². The molecular formula is C29H24N2O10. The Bertz CT molecular complexity index is 1670. The summed E-state index contributed by atoms with van der Waals surface area (Å²) in [7, 11) is 0. The Balaban J connectivity index is 1.47. The molecule has 1 fully saturated rings. The Morgan fingerprint density at radius 2 is 1.63 bits per heavy atom. The van der Waals surface area contributed by atoms with Crippen molar-refractivity contribution in [1.29, 1.82) is 0 Å². The van der Waals surface area contributed by atoms with Gasteiger partial charge in [-0.25, -0.2) is 0 Å². The molecule has 1 heterocycles. The average molecular weight is 561 g/mol. The predicted octanol–water partition coefficient (Wildman–Crippen LogP) is 0.752. The van der Waals surface area contributed by atoms with Gasteiger partial charge in [-0.2, -0.15) is 0 Å². The van der Waals surface area contributed by atoms with E-state index in [9.17, 15) is 49.5 Å². The fourth-order valence-corrected chi connectivity index (χ4v) is 6.72. The first-order chi connectivity index (χ1) is 19.3. The molecule has 3 aliphatic carbocycles. The Labute approximate surface area is 231 Å². The summed E-state index contributed by atoms with van der Waals surface area (Å²) in [6.07, 6.45) is -2.31. The first kappa shape index (κ1) is 26.4. The molecule has 0 saturated heterocycles. The molecule has 5 atom stereocenters. The number of hydrogen-bond donors (Lipinski definition) is 6. The summed E-state index contributed by atoms with van der Waals surface area (Å²) in [6.45, 7) is 1.25. The van der Waals surface area contributed by atoms with Crippen molar-refractivity contribution < 1.29 is 49.5 Å². The lowest BCUT2D eigenvalue weighted by molar-refractivity contribution is -0.160. The number of nitrogens with zero attached hydrogens (tertiary/aromatic N) is 1. The van der Waals surface area contributed by atoms with E-state index in [0.29, 0.717) is 5.56 Å². The molecule has 0 aromatic heterocycles. The first-order valence-corrected chi connectivity index (χ1v) is 12.8. The summed E-state index contributed by atoms with van der Waals surface area (Å²) in [5, 5.41) is 56.1. The van der Waals surface area contributed by atoms with Crippen LogP contribution in [0.2, 0.25) is 0 Å². The number of aliphatic hydroxyl groups excluding tert-OH is 3. The van der Waals surface area contributed by atoms with Crippen LogP contribution in [0.5, 0.6) is 5.75 Å². The van der Waals surface area contributed by atoms with E-state index in [4.69, 9.17) is 5.73 Å². The number of benzene rings is 2. The van der Waals surface area contributed by atoms with Crippen molar-refractivity contribution in [3.8, 4) is 5.75 Å². The van der Waals surface area contributed by atoms with Crippen LogP contribution in [0, 0.1) is 11.8 Å². The van der Waals surface area contributed by atoms with Gasteiger partial charge in [0.15, 0.2) is 11.4 Å². The van der Waals surface area contributed by atoms with E-state index in [2.05, 4.69) is 0 Å². The molecule has 0 unspecified atom stereocenters. The second-order valence-corrected chi connectivity index (χ2v) is 10.8. The van der Waals surface area contributed by atoms with Crippen molar-refractivity contribution in [1.82, 2.24) is 4.90 Å². The third kappa shape index (κ3) is 3.25. The third-order valence-corrected chi connectivity index (χ3v) is 8.79. The fraction of sp³-hybridized carbons (Fsp3) is 0.276. The topological polar surface area (TPSA) is 216 Å². The smallest absolute Gasteiger partial charge is 0.261 e. The van der Waals surface area contributed by atoms with Crippen molar-refractivity contribution in [3.63, 3.8) is 0 Å². The molecule has 210 valence electrons. The van der Waals surface area contributed by atoms with Gasteiger partial charge in [0.25, 0.3) is 17.7 Å². The number of Topliss-reactive ketones (excluding diaryl/α,β-unsaturated/α-hetero) is 2. The number of amides is 3. The number of primary amides is 1. The number of hydrogen-bond acceptors (Lipinski definition) is 10. The Kier molecular flexibility index (Phi) is 5.54. The summed E-state index contributed by atoms with van der Waals surface area (Å²) in [6, 6.07) is 9.21. The molecule has 2 aromatic carbocycles. The zero-order chi connectivity index (χ0) is 29.7. The predicted molar refractivity (Wildman–Crippen MR) is 138 cm³/mol. The highest BCUT2D eigenvalue weighted by atomic mass is 16.4. The van der Waals surface area contributed by atoms with Gasteiger partial charge in [-0.15, -0.1) is 0 Å². The molecule has 12 nitrogen and oxygen atoms in total. The Morgan fingerprint density at radius 1 is 1.02 bits per heavy atom. The standard InChI is InChI=1S/C29H24N2O10/c1-10-12-7-6-11(9-31-27(39)13-4-2-3-5-14(13)28(31)40)21(33)18(12)23(35)20-17(10)22(34)15-8-16(32)19(26(30)38)24(36)29(15,41)25(20)37/h2-7,10,15,17,22,33-36,41H,8-9H2,1H3,(H2,30,38)/t10-,15+,17+,22+,29+/m0/s1. The maximum absolute atomic E-state index is 13.8. The largest absolute Gasteiger partial charge is 0.508 e. The molecule has 1 aliphatic heterocycles. The van der Waals surface area contributed by atoms with Crippen molar-refractivity contribution >= 4 is 35.0 Å². The summed E-state index contributed by atoms with van der Waals surface area (Å²) < 4.78 is 0. The van der Waals surface area contributed by atoms with Gasteiger partial charge < -0.3 is 31.3 Å². The number of phenolic OH excluding ortho intramolecular Hbond substituents is 1. The van der Waals surface area contributed by atoms with Gasteiger partial charge >= 0.3 is 0 Å². The molecule has 3 amide bonds. The molecule has 0 bridgehead atoms. The van der Waals surface area contributed by atoms with Gasteiger partial charge in [0.1, 0.15) is 22.8 Å². The summed E-state index contributed by atoms with van der Waals surface area (Å²) >= 11 is 0. The molecule has 2 aromatic rings. The lowest BCUT2D eigenvalue weighted by atomic mass is 9.55. The zero-order valence-corrected chi connectivity index (χ0v) is 21.5. The van der Waals surface area contributed by atoms with Crippen molar-refractivity contribution in [2.24, 2.45) is 17.6 Å². The second-order valence-electron chi connectivity index (χ2n) is 10.8. The average Bonchev–Trinajstić information content (AvgIpc) is 3.16. The van der Waals surface area contributed by atoms with Crippen LogP contribution in [-0.4, -0.2) is 71.4 Å². The van der Waals surface area contributed by atoms with Crippen LogP contribution < -0.4 is 5.73 Å². The van der Waals surface area contributed by atoms with Crippen LogP contribution in [0.3, 0.4) is 0 Å². The van der Waals surface area contributed by atoms with E-state index in [1.54, 1.807) is 19.1 Å². The van der Waals surface area contributed by atoms with E-state index in [-0.39, 0.29) is 28.8 Å². The van der Waals surface area contributed by atoms with Crippen LogP contribution >= 0.6 is 0 Å². The summed E-state index contributed by atoms with van der Waals surface area (Å²) in [5.74, 6) is -10.8. The quantitative estimate of drug-likeness (QED) is 0.229.